The monoisotopic (exact) mass is 261 g/mol. The van der Waals surface area contributed by atoms with Gasteiger partial charge in [-0.1, -0.05) is 37.8 Å². The second kappa shape index (κ2) is 7.54. The molecule has 0 aromatic heterocycles. The van der Waals surface area contributed by atoms with Gasteiger partial charge in [0.25, 0.3) is 0 Å². The summed E-state index contributed by atoms with van der Waals surface area (Å²) < 4.78 is 0. The molecule has 1 atom stereocenters. The van der Waals surface area contributed by atoms with E-state index in [1.165, 1.54) is 44.1 Å². The molecule has 2 nitrogen and oxygen atoms in total. The van der Waals surface area contributed by atoms with Gasteiger partial charge >= 0.3 is 0 Å². The minimum Gasteiger partial charge on any atom is -0.508 e. The maximum Gasteiger partial charge on any atom is 0.115 e. The Morgan fingerprint density at radius 2 is 1.89 bits per heavy atom. The van der Waals surface area contributed by atoms with Crippen LogP contribution in [-0.4, -0.2) is 17.7 Å². The van der Waals surface area contributed by atoms with Gasteiger partial charge in [-0.3, -0.25) is 0 Å². The fourth-order valence-corrected chi connectivity index (χ4v) is 3.10. The fourth-order valence-electron chi connectivity index (χ4n) is 3.10. The van der Waals surface area contributed by atoms with Gasteiger partial charge in [0.1, 0.15) is 5.75 Å². The molecule has 0 aliphatic heterocycles. The van der Waals surface area contributed by atoms with Crippen LogP contribution in [-0.2, 0) is 6.42 Å². The Hall–Kier alpha value is -1.02. The smallest absolute Gasteiger partial charge is 0.115 e. The van der Waals surface area contributed by atoms with Crippen LogP contribution < -0.4 is 5.32 Å². The molecular formula is C17H27NO. The van der Waals surface area contributed by atoms with Crippen LogP contribution in [0.5, 0.6) is 5.75 Å². The third-order valence-corrected chi connectivity index (χ3v) is 4.23. The van der Waals surface area contributed by atoms with Crippen LogP contribution in [0.15, 0.2) is 24.3 Å². The Labute approximate surface area is 117 Å². The van der Waals surface area contributed by atoms with E-state index in [9.17, 15) is 5.11 Å². The molecule has 2 heteroatoms. The van der Waals surface area contributed by atoms with Gasteiger partial charge in [0.05, 0.1) is 0 Å². The number of hydrogen-bond acceptors (Lipinski definition) is 2. The highest BCUT2D eigenvalue weighted by Gasteiger charge is 2.14. The molecule has 1 aromatic rings. The average molecular weight is 261 g/mol. The molecule has 1 fully saturated rings. The molecule has 2 N–H and O–H groups in total. The number of benzene rings is 1. The first-order chi connectivity index (χ1) is 9.24. The third-order valence-electron chi connectivity index (χ3n) is 4.23. The van der Waals surface area contributed by atoms with E-state index >= 15 is 0 Å². The largest absolute Gasteiger partial charge is 0.508 e. The van der Waals surface area contributed by atoms with Gasteiger partial charge in [-0.2, -0.15) is 0 Å². The summed E-state index contributed by atoms with van der Waals surface area (Å²) in [7, 11) is 0. The van der Waals surface area contributed by atoms with Crippen LogP contribution in [0, 0.1) is 5.92 Å². The topological polar surface area (TPSA) is 32.3 Å². The van der Waals surface area contributed by atoms with E-state index in [0.717, 1.165) is 18.9 Å². The van der Waals surface area contributed by atoms with Gasteiger partial charge in [0, 0.05) is 6.04 Å². The van der Waals surface area contributed by atoms with Crippen molar-refractivity contribution in [2.24, 2.45) is 5.92 Å². The Morgan fingerprint density at radius 1 is 1.21 bits per heavy atom. The number of nitrogens with one attached hydrogen (secondary N) is 1. The van der Waals surface area contributed by atoms with E-state index < -0.39 is 0 Å². The van der Waals surface area contributed by atoms with Gasteiger partial charge in [0.15, 0.2) is 0 Å². The molecule has 0 spiro atoms. The van der Waals surface area contributed by atoms with Crippen molar-refractivity contribution in [3.05, 3.63) is 29.8 Å². The summed E-state index contributed by atoms with van der Waals surface area (Å²) in [6.07, 6.45) is 9.57. The third kappa shape index (κ3) is 5.23. The maximum atomic E-state index is 9.25. The summed E-state index contributed by atoms with van der Waals surface area (Å²) in [5.74, 6) is 1.36. The van der Waals surface area contributed by atoms with Crippen molar-refractivity contribution in [2.45, 2.75) is 57.9 Å². The van der Waals surface area contributed by atoms with Gasteiger partial charge in [-0.05, 0) is 56.3 Å². The van der Waals surface area contributed by atoms with Crippen molar-refractivity contribution in [1.29, 1.82) is 0 Å². The maximum absolute atomic E-state index is 9.25. The molecule has 1 unspecified atom stereocenters. The summed E-state index contributed by atoms with van der Waals surface area (Å²) in [5, 5.41) is 12.9. The minimum atomic E-state index is 0.348. The number of phenols is 1. The normalized spacial score (nSPS) is 17.7. The SMILES string of the molecule is CC(Cc1ccc(O)cc1)NCCCC1CCCC1. The molecule has 19 heavy (non-hydrogen) atoms. The molecule has 0 amide bonds. The van der Waals surface area contributed by atoms with Crippen LogP contribution in [0.3, 0.4) is 0 Å². The van der Waals surface area contributed by atoms with Crippen molar-refractivity contribution < 1.29 is 5.11 Å². The summed E-state index contributed by atoms with van der Waals surface area (Å²) >= 11 is 0. The highest BCUT2D eigenvalue weighted by atomic mass is 16.3. The van der Waals surface area contributed by atoms with Gasteiger partial charge in [0.2, 0.25) is 0 Å². The van der Waals surface area contributed by atoms with Gasteiger partial charge in [-0.25, -0.2) is 0 Å². The molecule has 0 radical (unpaired) electrons. The molecule has 0 bridgehead atoms. The zero-order valence-corrected chi connectivity index (χ0v) is 12.1. The van der Waals surface area contributed by atoms with Crippen molar-refractivity contribution in [2.75, 3.05) is 6.54 Å². The molecular weight excluding hydrogens is 234 g/mol. The zero-order chi connectivity index (χ0) is 13.5. The van der Waals surface area contributed by atoms with E-state index in [1.54, 1.807) is 12.1 Å². The summed E-state index contributed by atoms with van der Waals surface area (Å²) in [6.45, 7) is 3.37. The van der Waals surface area contributed by atoms with Crippen molar-refractivity contribution >= 4 is 0 Å². The van der Waals surface area contributed by atoms with Crippen LogP contribution in [0.2, 0.25) is 0 Å². The van der Waals surface area contributed by atoms with Crippen LogP contribution in [0.25, 0.3) is 0 Å². The molecule has 2 rings (SSSR count). The highest BCUT2D eigenvalue weighted by molar-refractivity contribution is 5.26. The lowest BCUT2D eigenvalue weighted by Crippen LogP contribution is -2.29. The number of aromatic hydroxyl groups is 1. The first-order valence-corrected chi connectivity index (χ1v) is 7.75. The number of rotatable bonds is 7. The van der Waals surface area contributed by atoms with Crippen LogP contribution >= 0.6 is 0 Å². The second-order valence-corrected chi connectivity index (χ2v) is 6.02. The second-order valence-electron chi connectivity index (χ2n) is 6.02. The molecule has 1 aliphatic carbocycles. The van der Waals surface area contributed by atoms with Crippen molar-refractivity contribution in [3.8, 4) is 5.75 Å². The Kier molecular flexibility index (Phi) is 5.71. The lowest BCUT2D eigenvalue weighted by Gasteiger charge is -2.15. The van der Waals surface area contributed by atoms with Crippen LogP contribution in [0.1, 0.15) is 51.0 Å². The van der Waals surface area contributed by atoms with E-state index in [2.05, 4.69) is 12.2 Å². The molecule has 0 heterocycles. The van der Waals surface area contributed by atoms with E-state index in [1.807, 2.05) is 12.1 Å². The zero-order valence-electron chi connectivity index (χ0n) is 12.1. The van der Waals surface area contributed by atoms with E-state index in [-0.39, 0.29) is 0 Å². The van der Waals surface area contributed by atoms with E-state index in [4.69, 9.17) is 0 Å². The standard InChI is InChI=1S/C17H27NO/c1-14(13-16-8-10-17(19)11-9-16)18-12-4-7-15-5-2-3-6-15/h8-11,14-15,18-19H,2-7,12-13H2,1H3. The molecule has 0 saturated heterocycles. The lowest BCUT2D eigenvalue weighted by molar-refractivity contribution is 0.451. The van der Waals surface area contributed by atoms with Gasteiger partial charge < -0.3 is 10.4 Å². The summed E-state index contributed by atoms with van der Waals surface area (Å²) in [6, 6.07) is 8.05. The van der Waals surface area contributed by atoms with Crippen molar-refractivity contribution in [1.82, 2.24) is 5.32 Å². The molecule has 1 aliphatic rings. The van der Waals surface area contributed by atoms with E-state index in [0.29, 0.717) is 11.8 Å². The quantitative estimate of drug-likeness (QED) is 0.730. The Balaban J connectivity index is 1.58. The molecule has 106 valence electrons. The molecule has 1 saturated carbocycles. The van der Waals surface area contributed by atoms with Crippen LogP contribution in [0.4, 0.5) is 0 Å². The minimum absolute atomic E-state index is 0.348. The first-order valence-electron chi connectivity index (χ1n) is 7.75. The number of phenolic OH excluding ortho intramolecular Hbond substituents is 1. The highest BCUT2D eigenvalue weighted by Crippen LogP contribution is 2.28. The predicted octanol–water partition coefficient (Wildman–Crippen LogP) is 3.88. The van der Waals surface area contributed by atoms with Gasteiger partial charge in [-0.15, -0.1) is 0 Å². The molecule has 1 aromatic carbocycles. The Morgan fingerprint density at radius 3 is 2.58 bits per heavy atom. The fraction of sp³-hybridized carbons (Fsp3) is 0.647. The first kappa shape index (κ1) is 14.4. The summed E-state index contributed by atoms with van der Waals surface area (Å²) in [5.41, 5.74) is 1.29. The predicted molar refractivity (Wildman–Crippen MR) is 80.5 cm³/mol. The lowest BCUT2D eigenvalue weighted by atomic mass is 10.0. The van der Waals surface area contributed by atoms with Crippen molar-refractivity contribution in [3.63, 3.8) is 0 Å². The summed E-state index contributed by atoms with van der Waals surface area (Å²) in [4.78, 5) is 0. The Bertz CT molecular complexity index is 354. The average Bonchev–Trinajstić information content (AvgIpc) is 2.91. The number of hydrogen-bond donors (Lipinski definition) is 2.